The van der Waals surface area contributed by atoms with E-state index in [1.165, 1.54) is 0 Å². The summed E-state index contributed by atoms with van der Waals surface area (Å²) in [5.41, 5.74) is 3.63. The van der Waals surface area contributed by atoms with Gasteiger partial charge in [0, 0.05) is 18.2 Å². The summed E-state index contributed by atoms with van der Waals surface area (Å²) < 4.78 is 26.8. The minimum Gasteiger partial charge on any atom is -0.387 e. The Labute approximate surface area is 196 Å². The van der Waals surface area contributed by atoms with Crippen molar-refractivity contribution in [1.82, 2.24) is 5.32 Å². The van der Waals surface area contributed by atoms with E-state index in [1.54, 1.807) is 25.1 Å². The normalized spacial score (nSPS) is 16.5. The van der Waals surface area contributed by atoms with Crippen LogP contribution in [-0.2, 0) is 9.59 Å². The maximum Gasteiger partial charge on any atom is 0.241 e. The maximum absolute atomic E-state index is 13.4. The number of nitrogens with one attached hydrogen (secondary N) is 3. The van der Waals surface area contributed by atoms with E-state index < -0.39 is 23.8 Å². The number of carbonyl (C=O) groups excluding carboxylic acids is 2. The molecule has 3 aromatic carbocycles. The molecule has 0 aromatic heterocycles. The second-order valence-electron chi connectivity index (χ2n) is 8.36. The molecule has 0 spiro atoms. The third-order valence-corrected chi connectivity index (χ3v) is 5.95. The average Bonchev–Trinajstić information content (AvgIpc) is 2.91. The molecule has 176 valence electrons. The Balaban J connectivity index is 1.52. The van der Waals surface area contributed by atoms with Gasteiger partial charge in [-0.3, -0.25) is 9.59 Å². The van der Waals surface area contributed by atoms with Crippen LogP contribution in [0.1, 0.15) is 37.0 Å². The Morgan fingerprint density at radius 3 is 2.53 bits per heavy atom. The lowest BCUT2D eigenvalue weighted by Crippen LogP contribution is -2.40. The second-order valence-corrected chi connectivity index (χ2v) is 8.36. The van der Waals surface area contributed by atoms with Crippen LogP contribution in [0, 0.1) is 11.6 Å². The van der Waals surface area contributed by atoms with E-state index >= 15 is 0 Å². The molecule has 0 bridgehead atoms. The van der Waals surface area contributed by atoms with Gasteiger partial charge < -0.3 is 21.1 Å². The highest BCUT2D eigenvalue weighted by molar-refractivity contribution is 6.08. The predicted octanol–water partition coefficient (Wildman–Crippen LogP) is 4.34. The summed E-state index contributed by atoms with van der Waals surface area (Å²) >= 11 is 0. The summed E-state index contributed by atoms with van der Waals surface area (Å²) in [6.07, 6.45) is -1.20. The van der Waals surface area contributed by atoms with Gasteiger partial charge in [-0.25, -0.2) is 8.78 Å². The van der Waals surface area contributed by atoms with Crippen LogP contribution in [0.5, 0.6) is 0 Å². The number of halogens is 2. The standard InChI is InChI=1S/C26H25F2N3O3/c1-14-19-6-3-4-7-20(19)24-21(30-25(14)33)8-5-9-22(24)31-26(34)15(2)29-13-23(32)16-10-17(27)12-18(28)11-16/h3-12,14-15,23,29,32H,13H2,1-2H3,(H,30,33)(H,31,34)/t14?,15-,23+/m0/s1. The molecule has 0 saturated carbocycles. The Hall–Kier alpha value is -3.62. The number of fused-ring (bicyclic) bond motifs is 3. The predicted molar refractivity (Wildman–Crippen MR) is 126 cm³/mol. The number of hydrogen-bond donors (Lipinski definition) is 4. The Bertz CT molecular complexity index is 1230. The van der Waals surface area contributed by atoms with Gasteiger partial charge in [0.25, 0.3) is 0 Å². The van der Waals surface area contributed by atoms with Crippen LogP contribution in [0.15, 0.2) is 60.7 Å². The van der Waals surface area contributed by atoms with Gasteiger partial charge in [0.15, 0.2) is 0 Å². The molecule has 3 aromatic rings. The van der Waals surface area contributed by atoms with Gasteiger partial charge in [0.05, 0.1) is 29.4 Å². The van der Waals surface area contributed by atoms with Crippen molar-refractivity contribution in [1.29, 1.82) is 0 Å². The van der Waals surface area contributed by atoms with Gasteiger partial charge in [-0.1, -0.05) is 30.3 Å². The summed E-state index contributed by atoms with van der Waals surface area (Å²) in [7, 11) is 0. The topological polar surface area (TPSA) is 90.5 Å². The summed E-state index contributed by atoms with van der Waals surface area (Å²) in [6.45, 7) is 3.37. The molecule has 1 heterocycles. The van der Waals surface area contributed by atoms with E-state index in [0.29, 0.717) is 16.9 Å². The van der Waals surface area contributed by atoms with Gasteiger partial charge in [0.1, 0.15) is 11.6 Å². The lowest BCUT2D eigenvalue weighted by atomic mass is 9.91. The highest BCUT2D eigenvalue weighted by atomic mass is 19.1. The number of hydrogen-bond acceptors (Lipinski definition) is 4. The van der Waals surface area contributed by atoms with Crippen molar-refractivity contribution in [2.24, 2.45) is 0 Å². The number of benzene rings is 3. The van der Waals surface area contributed by atoms with Crippen molar-refractivity contribution in [3.8, 4) is 11.1 Å². The molecule has 1 aliphatic rings. The fraction of sp³-hybridized carbons (Fsp3) is 0.231. The summed E-state index contributed by atoms with van der Waals surface area (Å²) in [4.78, 5) is 25.5. The first kappa shape index (κ1) is 23.5. The Kier molecular flexibility index (Phi) is 6.72. The van der Waals surface area contributed by atoms with Gasteiger partial charge in [0.2, 0.25) is 11.8 Å². The SMILES string of the molecule is CC1C(=O)Nc2cccc(NC(=O)[C@H](C)NC[C@@H](O)c3cc(F)cc(F)c3)c2-c2ccccc21. The maximum atomic E-state index is 13.4. The van der Waals surface area contributed by atoms with Crippen molar-refractivity contribution in [2.45, 2.75) is 31.9 Å². The Morgan fingerprint density at radius 1 is 1.09 bits per heavy atom. The lowest BCUT2D eigenvalue weighted by molar-refractivity contribution is -0.118. The molecule has 8 heteroatoms. The van der Waals surface area contributed by atoms with Crippen molar-refractivity contribution in [3.05, 3.63) is 83.4 Å². The monoisotopic (exact) mass is 465 g/mol. The van der Waals surface area contributed by atoms with E-state index in [0.717, 1.165) is 29.3 Å². The first-order valence-corrected chi connectivity index (χ1v) is 11.0. The quantitative estimate of drug-likeness (QED) is 0.436. The van der Waals surface area contributed by atoms with Crippen LogP contribution in [-0.4, -0.2) is 29.5 Å². The van der Waals surface area contributed by atoms with Gasteiger partial charge in [-0.2, -0.15) is 0 Å². The molecule has 4 N–H and O–H groups in total. The van der Waals surface area contributed by atoms with Gasteiger partial charge >= 0.3 is 0 Å². The molecular formula is C26H25F2N3O3. The van der Waals surface area contributed by atoms with Crippen molar-refractivity contribution < 1.29 is 23.5 Å². The number of anilines is 2. The van der Waals surface area contributed by atoms with E-state index in [4.69, 9.17) is 0 Å². The minimum atomic E-state index is -1.20. The summed E-state index contributed by atoms with van der Waals surface area (Å²) in [6, 6.07) is 14.9. The van der Waals surface area contributed by atoms with Crippen LogP contribution >= 0.6 is 0 Å². The molecular weight excluding hydrogens is 440 g/mol. The van der Waals surface area contributed by atoms with Crippen LogP contribution in [0.4, 0.5) is 20.2 Å². The molecule has 6 nitrogen and oxygen atoms in total. The first-order chi connectivity index (χ1) is 16.2. The summed E-state index contributed by atoms with van der Waals surface area (Å²) in [5, 5.41) is 19.0. The summed E-state index contributed by atoms with van der Waals surface area (Å²) in [5.74, 6) is -2.43. The number of aliphatic hydroxyl groups excluding tert-OH is 1. The molecule has 0 fully saturated rings. The highest BCUT2D eigenvalue weighted by Crippen LogP contribution is 2.42. The third-order valence-electron chi connectivity index (χ3n) is 5.95. The number of rotatable bonds is 6. The van der Waals surface area contributed by atoms with Gasteiger partial charge in [-0.15, -0.1) is 0 Å². The molecule has 0 aliphatic carbocycles. The smallest absolute Gasteiger partial charge is 0.241 e. The van der Waals surface area contributed by atoms with Crippen LogP contribution in [0.3, 0.4) is 0 Å². The van der Waals surface area contributed by atoms with Crippen LogP contribution < -0.4 is 16.0 Å². The molecule has 0 radical (unpaired) electrons. The number of carbonyl (C=O) groups is 2. The zero-order valence-corrected chi connectivity index (χ0v) is 18.7. The average molecular weight is 466 g/mol. The minimum absolute atomic E-state index is 0.0763. The Morgan fingerprint density at radius 2 is 1.79 bits per heavy atom. The van der Waals surface area contributed by atoms with Crippen LogP contribution in [0.25, 0.3) is 11.1 Å². The molecule has 1 unspecified atom stereocenters. The molecule has 1 aliphatic heterocycles. The van der Waals surface area contributed by atoms with E-state index in [2.05, 4.69) is 16.0 Å². The zero-order chi connectivity index (χ0) is 24.4. The van der Waals surface area contributed by atoms with Crippen molar-refractivity contribution in [3.63, 3.8) is 0 Å². The van der Waals surface area contributed by atoms with E-state index in [9.17, 15) is 23.5 Å². The second kappa shape index (κ2) is 9.70. The van der Waals surface area contributed by atoms with E-state index in [1.807, 2.05) is 31.2 Å². The number of aliphatic hydroxyl groups is 1. The van der Waals surface area contributed by atoms with Crippen LogP contribution in [0.2, 0.25) is 0 Å². The molecule has 0 saturated heterocycles. The largest absolute Gasteiger partial charge is 0.387 e. The van der Waals surface area contributed by atoms with Crippen molar-refractivity contribution >= 4 is 23.2 Å². The van der Waals surface area contributed by atoms with Gasteiger partial charge in [-0.05, 0) is 54.8 Å². The van der Waals surface area contributed by atoms with Crippen molar-refractivity contribution in [2.75, 3.05) is 17.2 Å². The highest BCUT2D eigenvalue weighted by Gasteiger charge is 2.27. The fourth-order valence-electron chi connectivity index (χ4n) is 4.04. The fourth-order valence-corrected chi connectivity index (χ4v) is 4.04. The molecule has 4 rings (SSSR count). The lowest BCUT2D eigenvalue weighted by Gasteiger charge is -2.20. The zero-order valence-electron chi connectivity index (χ0n) is 18.7. The molecule has 34 heavy (non-hydrogen) atoms. The first-order valence-electron chi connectivity index (χ1n) is 11.0. The third kappa shape index (κ3) is 4.83. The molecule has 3 atom stereocenters. The number of amides is 2. The van der Waals surface area contributed by atoms with E-state index in [-0.39, 0.29) is 29.8 Å². The molecule has 2 amide bonds.